The lowest BCUT2D eigenvalue weighted by molar-refractivity contribution is -0.120. The van der Waals surface area contributed by atoms with E-state index in [-0.39, 0.29) is 17.7 Å². The number of aryl methyl sites for hydroxylation is 1. The first-order valence-corrected chi connectivity index (χ1v) is 5.79. The highest BCUT2D eigenvalue weighted by molar-refractivity contribution is 7.15. The summed E-state index contributed by atoms with van der Waals surface area (Å²) in [6, 6.07) is 0. The number of amides is 1. The topological polar surface area (TPSA) is 68.0 Å². The molecule has 1 amide bonds. The minimum atomic E-state index is -0.144. The summed E-state index contributed by atoms with van der Waals surface area (Å²) in [5.41, 5.74) is 5.56. The highest BCUT2D eigenvalue weighted by Gasteiger charge is 2.21. The molecule has 0 fully saturated rings. The molecule has 0 aromatic carbocycles. The van der Waals surface area contributed by atoms with Gasteiger partial charge in [0.15, 0.2) is 5.13 Å². The van der Waals surface area contributed by atoms with Gasteiger partial charge in [0.05, 0.1) is 5.92 Å². The molecule has 0 aliphatic rings. The van der Waals surface area contributed by atoms with Crippen molar-refractivity contribution in [3.8, 4) is 0 Å². The number of hydrogen-bond acceptors (Lipinski definition) is 4. The van der Waals surface area contributed by atoms with Gasteiger partial charge in [-0.2, -0.15) is 0 Å². The fourth-order valence-corrected chi connectivity index (χ4v) is 1.96. The standard InChI is InChI=1S/C10H17N3OS/c1-6(2)8(4-11)9(14)13-10-12-5-7(3)15-10/h5-6,8H,4,11H2,1-3H3,(H,12,13,14). The summed E-state index contributed by atoms with van der Waals surface area (Å²) in [4.78, 5) is 16.9. The number of thiazole rings is 1. The number of anilines is 1. The van der Waals surface area contributed by atoms with Gasteiger partial charge in [0.2, 0.25) is 5.91 Å². The molecule has 0 radical (unpaired) electrons. The normalized spacial score (nSPS) is 12.9. The van der Waals surface area contributed by atoms with Gasteiger partial charge in [-0.3, -0.25) is 4.79 Å². The molecule has 15 heavy (non-hydrogen) atoms. The Kier molecular flexibility index (Phi) is 4.23. The lowest BCUT2D eigenvalue weighted by Gasteiger charge is -2.16. The molecule has 0 saturated carbocycles. The maximum absolute atomic E-state index is 11.8. The minimum Gasteiger partial charge on any atom is -0.330 e. The van der Waals surface area contributed by atoms with Crippen LogP contribution in [-0.4, -0.2) is 17.4 Å². The van der Waals surface area contributed by atoms with Crippen molar-refractivity contribution in [2.75, 3.05) is 11.9 Å². The molecule has 0 aliphatic heterocycles. The van der Waals surface area contributed by atoms with Gasteiger partial charge in [0, 0.05) is 17.6 Å². The van der Waals surface area contributed by atoms with E-state index >= 15 is 0 Å². The van der Waals surface area contributed by atoms with E-state index in [0.29, 0.717) is 11.7 Å². The molecule has 4 nitrogen and oxygen atoms in total. The Labute approximate surface area is 93.9 Å². The van der Waals surface area contributed by atoms with Crippen LogP contribution in [0.3, 0.4) is 0 Å². The van der Waals surface area contributed by atoms with Crippen LogP contribution in [0.25, 0.3) is 0 Å². The van der Waals surface area contributed by atoms with Crippen LogP contribution in [0, 0.1) is 18.8 Å². The lowest BCUT2D eigenvalue weighted by atomic mass is 9.95. The van der Waals surface area contributed by atoms with Gasteiger partial charge in [-0.15, -0.1) is 11.3 Å². The fourth-order valence-electron chi connectivity index (χ4n) is 1.29. The Morgan fingerprint density at radius 1 is 1.67 bits per heavy atom. The van der Waals surface area contributed by atoms with Crippen LogP contribution >= 0.6 is 11.3 Å². The van der Waals surface area contributed by atoms with Gasteiger partial charge in [-0.25, -0.2) is 4.98 Å². The van der Waals surface area contributed by atoms with Gasteiger partial charge < -0.3 is 11.1 Å². The summed E-state index contributed by atoms with van der Waals surface area (Å²) in [5.74, 6) is 0.0621. The third kappa shape index (κ3) is 3.28. The van der Waals surface area contributed by atoms with Crippen LogP contribution < -0.4 is 11.1 Å². The van der Waals surface area contributed by atoms with E-state index in [1.54, 1.807) is 6.20 Å². The van der Waals surface area contributed by atoms with E-state index in [1.165, 1.54) is 11.3 Å². The van der Waals surface area contributed by atoms with E-state index in [9.17, 15) is 4.79 Å². The Morgan fingerprint density at radius 3 is 2.73 bits per heavy atom. The quantitative estimate of drug-likeness (QED) is 0.821. The van der Waals surface area contributed by atoms with E-state index < -0.39 is 0 Å². The smallest absolute Gasteiger partial charge is 0.230 e. The number of aromatic nitrogens is 1. The van der Waals surface area contributed by atoms with E-state index in [4.69, 9.17) is 5.73 Å². The second-order valence-electron chi connectivity index (χ2n) is 3.85. The van der Waals surface area contributed by atoms with Crippen molar-refractivity contribution in [1.29, 1.82) is 0 Å². The Hall–Kier alpha value is -0.940. The summed E-state index contributed by atoms with van der Waals surface area (Å²) >= 11 is 1.47. The molecular weight excluding hydrogens is 210 g/mol. The first kappa shape index (κ1) is 12.1. The molecule has 5 heteroatoms. The summed E-state index contributed by atoms with van der Waals surface area (Å²) < 4.78 is 0. The molecule has 1 aromatic heterocycles. The van der Waals surface area contributed by atoms with Crippen LogP contribution in [0.1, 0.15) is 18.7 Å². The van der Waals surface area contributed by atoms with Crippen LogP contribution in [0.4, 0.5) is 5.13 Å². The van der Waals surface area contributed by atoms with Crippen molar-refractivity contribution >= 4 is 22.4 Å². The summed E-state index contributed by atoms with van der Waals surface area (Å²) in [6.07, 6.45) is 1.74. The number of rotatable bonds is 4. The lowest BCUT2D eigenvalue weighted by Crippen LogP contribution is -2.32. The van der Waals surface area contributed by atoms with Gasteiger partial charge in [0.1, 0.15) is 0 Å². The second kappa shape index (κ2) is 5.23. The van der Waals surface area contributed by atoms with Crippen molar-refractivity contribution in [3.63, 3.8) is 0 Å². The van der Waals surface area contributed by atoms with Crippen LogP contribution in [0.15, 0.2) is 6.20 Å². The second-order valence-corrected chi connectivity index (χ2v) is 5.09. The number of carbonyl (C=O) groups excluding carboxylic acids is 1. The zero-order chi connectivity index (χ0) is 11.4. The maximum Gasteiger partial charge on any atom is 0.230 e. The molecule has 3 N–H and O–H groups in total. The summed E-state index contributed by atoms with van der Waals surface area (Å²) in [7, 11) is 0. The Balaban J connectivity index is 2.62. The van der Waals surface area contributed by atoms with Crippen molar-refractivity contribution < 1.29 is 4.79 Å². The van der Waals surface area contributed by atoms with E-state index in [0.717, 1.165) is 4.88 Å². The summed E-state index contributed by atoms with van der Waals surface area (Å²) in [6.45, 7) is 6.30. The number of hydrogen-bond donors (Lipinski definition) is 2. The molecular formula is C10H17N3OS. The van der Waals surface area contributed by atoms with Crippen LogP contribution in [0.5, 0.6) is 0 Å². The number of nitrogens with two attached hydrogens (primary N) is 1. The molecule has 1 rings (SSSR count). The molecule has 1 aromatic rings. The van der Waals surface area contributed by atoms with Crippen LogP contribution in [0.2, 0.25) is 0 Å². The molecule has 1 atom stereocenters. The molecule has 0 bridgehead atoms. The molecule has 84 valence electrons. The third-order valence-corrected chi connectivity index (χ3v) is 3.08. The average molecular weight is 227 g/mol. The van der Waals surface area contributed by atoms with Gasteiger partial charge in [0.25, 0.3) is 0 Å². The van der Waals surface area contributed by atoms with E-state index in [2.05, 4.69) is 10.3 Å². The molecule has 0 spiro atoms. The van der Waals surface area contributed by atoms with Crippen molar-refractivity contribution in [2.24, 2.45) is 17.6 Å². The predicted octanol–water partition coefficient (Wildman–Crippen LogP) is 1.62. The minimum absolute atomic E-state index is 0.0400. The number of nitrogens with zero attached hydrogens (tertiary/aromatic N) is 1. The third-order valence-electron chi connectivity index (χ3n) is 2.25. The first-order valence-electron chi connectivity index (χ1n) is 4.98. The average Bonchev–Trinajstić information content (AvgIpc) is 2.51. The molecule has 1 heterocycles. The SMILES string of the molecule is Cc1cnc(NC(=O)C(CN)C(C)C)s1. The molecule has 0 saturated heterocycles. The number of nitrogens with one attached hydrogen (secondary N) is 1. The van der Waals surface area contributed by atoms with Crippen molar-refractivity contribution in [1.82, 2.24) is 4.98 Å². The highest BCUT2D eigenvalue weighted by atomic mass is 32.1. The molecule has 1 unspecified atom stereocenters. The zero-order valence-electron chi connectivity index (χ0n) is 9.28. The highest BCUT2D eigenvalue weighted by Crippen LogP contribution is 2.18. The van der Waals surface area contributed by atoms with Crippen molar-refractivity contribution in [2.45, 2.75) is 20.8 Å². The fraction of sp³-hybridized carbons (Fsp3) is 0.600. The van der Waals surface area contributed by atoms with Gasteiger partial charge in [-0.1, -0.05) is 13.8 Å². The van der Waals surface area contributed by atoms with Gasteiger partial charge in [-0.05, 0) is 12.8 Å². The maximum atomic E-state index is 11.8. The largest absolute Gasteiger partial charge is 0.330 e. The summed E-state index contributed by atoms with van der Waals surface area (Å²) in [5, 5.41) is 3.43. The number of carbonyl (C=O) groups is 1. The first-order chi connectivity index (χ1) is 7.04. The monoisotopic (exact) mass is 227 g/mol. The predicted molar refractivity (Wildman–Crippen MR) is 62.9 cm³/mol. The zero-order valence-corrected chi connectivity index (χ0v) is 10.1. The van der Waals surface area contributed by atoms with Crippen LogP contribution in [-0.2, 0) is 4.79 Å². The Morgan fingerprint density at radius 2 is 2.33 bits per heavy atom. The Bertz CT molecular complexity index is 335. The van der Waals surface area contributed by atoms with E-state index in [1.807, 2.05) is 20.8 Å². The van der Waals surface area contributed by atoms with Crippen molar-refractivity contribution in [3.05, 3.63) is 11.1 Å². The molecule has 0 aliphatic carbocycles. The van der Waals surface area contributed by atoms with Gasteiger partial charge >= 0.3 is 0 Å².